The molecule has 3 unspecified atom stereocenters. The number of imidazole rings is 1. The van der Waals surface area contributed by atoms with Gasteiger partial charge in [-0.2, -0.15) is 15.0 Å². The van der Waals surface area contributed by atoms with Crippen LogP contribution in [-0.4, -0.2) is 103 Å². The second kappa shape index (κ2) is 24.1. The summed E-state index contributed by atoms with van der Waals surface area (Å²) in [5, 5.41) is 36.3. The zero-order chi connectivity index (χ0) is 44.2. The number of nitrogens with zero attached hydrogens (tertiary/aromatic N) is 7. The maximum Gasteiger partial charge on any atom is 0.326 e. The molecule has 23 heteroatoms. The van der Waals surface area contributed by atoms with E-state index in [4.69, 9.17) is 21.7 Å². The van der Waals surface area contributed by atoms with E-state index in [-0.39, 0.29) is 80.7 Å². The summed E-state index contributed by atoms with van der Waals surface area (Å²) in [7, 11) is 0. The number of unbranched alkanes of at least 4 members (excludes halogenated alkanes) is 2. The van der Waals surface area contributed by atoms with Gasteiger partial charge in [-0.15, -0.1) is 0 Å². The highest BCUT2D eigenvalue weighted by Crippen LogP contribution is 2.26. The number of aliphatic carboxylic acids is 1. The van der Waals surface area contributed by atoms with E-state index in [1.807, 2.05) is 6.92 Å². The van der Waals surface area contributed by atoms with E-state index in [2.05, 4.69) is 51.6 Å². The largest absolute Gasteiger partial charge is 0.480 e. The number of carboxylic acid groups (broad SMARTS) is 1. The molecule has 1 aromatic carbocycles. The third-order valence-corrected chi connectivity index (χ3v) is 9.02. The number of aromatic hydroxyl groups is 1. The van der Waals surface area contributed by atoms with Crippen LogP contribution in [0.5, 0.6) is 12.0 Å². The monoisotopic (exact) mass is 838 g/mol. The first-order valence-corrected chi connectivity index (χ1v) is 19.5. The van der Waals surface area contributed by atoms with Gasteiger partial charge in [0.2, 0.25) is 23.6 Å². The van der Waals surface area contributed by atoms with Gasteiger partial charge in [0.1, 0.15) is 18.1 Å². The average Bonchev–Trinajstić information content (AvgIpc) is 3.51. The maximum atomic E-state index is 13.6. The number of amides is 6. The van der Waals surface area contributed by atoms with Crippen molar-refractivity contribution in [3.05, 3.63) is 40.3 Å². The van der Waals surface area contributed by atoms with Crippen LogP contribution in [0.25, 0.3) is 21.6 Å². The molecule has 3 rings (SSSR count). The van der Waals surface area contributed by atoms with Crippen molar-refractivity contribution in [3.63, 3.8) is 0 Å². The lowest BCUT2D eigenvalue weighted by atomic mass is 10.0. The normalized spacial score (nSPS) is 12.4. The molecule has 2 aromatic heterocycles. The van der Waals surface area contributed by atoms with Crippen molar-refractivity contribution in [1.82, 2.24) is 40.8 Å². The molecule has 23 nitrogen and oxygen atoms in total. The van der Waals surface area contributed by atoms with Crippen LogP contribution in [0.15, 0.2) is 29.4 Å². The third-order valence-electron chi connectivity index (χ3n) is 9.02. The van der Waals surface area contributed by atoms with Crippen LogP contribution in [0.3, 0.4) is 0 Å². The van der Waals surface area contributed by atoms with Gasteiger partial charge in [-0.25, -0.2) is 9.59 Å². The van der Waals surface area contributed by atoms with E-state index in [1.165, 1.54) is 4.57 Å². The number of anilines is 2. The molecule has 0 spiro atoms. The summed E-state index contributed by atoms with van der Waals surface area (Å²) in [6.45, 7) is 6.21. The van der Waals surface area contributed by atoms with Crippen LogP contribution in [0.4, 0.5) is 16.3 Å². The second-order valence-corrected chi connectivity index (χ2v) is 14.1. The molecule has 0 bridgehead atoms. The Hall–Kier alpha value is -6.90. The summed E-state index contributed by atoms with van der Waals surface area (Å²) in [6, 6.07) is 2.18. The highest BCUT2D eigenvalue weighted by molar-refractivity contribution is 5.98. The number of carboxylic acids is 1. The zero-order valence-electron chi connectivity index (χ0n) is 33.8. The molecule has 326 valence electrons. The van der Waals surface area contributed by atoms with Gasteiger partial charge in [0.05, 0.1) is 13.2 Å². The molecule has 0 aliphatic rings. The summed E-state index contributed by atoms with van der Waals surface area (Å²) in [4.78, 5) is 90.6. The van der Waals surface area contributed by atoms with Crippen LogP contribution in [-0.2, 0) is 30.5 Å². The molecule has 60 heavy (non-hydrogen) atoms. The van der Waals surface area contributed by atoms with Gasteiger partial charge in [0.25, 0.3) is 6.01 Å². The fourth-order valence-corrected chi connectivity index (χ4v) is 5.77. The predicted molar refractivity (Wildman–Crippen MR) is 218 cm³/mol. The molecule has 11 N–H and O–H groups in total. The molecular formula is C37H54N14O9. The Kier molecular flexibility index (Phi) is 19.1. The molecule has 0 saturated heterocycles. The number of hydrogen-bond acceptors (Lipinski definition) is 13. The van der Waals surface area contributed by atoms with Gasteiger partial charge in [0.15, 0.2) is 17.0 Å². The Labute approximate surface area is 345 Å². The lowest BCUT2D eigenvalue weighted by molar-refractivity contribution is -0.142. The number of carbonyl (C=O) groups is 6. The molecule has 0 aliphatic heterocycles. The predicted octanol–water partition coefficient (Wildman–Crippen LogP) is 2.18. The van der Waals surface area contributed by atoms with Gasteiger partial charge < -0.3 is 53.0 Å². The number of rotatable bonds is 26. The molecule has 0 radical (unpaired) electrons. The minimum Gasteiger partial charge on any atom is -0.480 e. The molecular weight excluding hydrogens is 784 g/mol. The number of carbonyl (C=O) groups excluding carboxylic acids is 5. The minimum absolute atomic E-state index is 0.0500. The number of fused-ring (bicyclic) bond motifs is 1. The van der Waals surface area contributed by atoms with E-state index in [9.17, 15) is 39.0 Å². The number of urea groups is 1. The number of nitrogens with one attached hydrogen (secondary N) is 5. The van der Waals surface area contributed by atoms with Crippen molar-refractivity contribution in [2.75, 3.05) is 30.7 Å². The van der Waals surface area contributed by atoms with E-state index < -0.39 is 59.7 Å². The van der Waals surface area contributed by atoms with Crippen LogP contribution >= 0.6 is 0 Å². The van der Waals surface area contributed by atoms with Gasteiger partial charge in [-0.05, 0) is 61.2 Å². The Morgan fingerprint density at radius 2 is 1.60 bits per heavy atom. The molecule has 6 amide bonds. The van der Waals surface area contributed by atoms with Gasteiger partial charge in [-0.1, -0.05) is 50.9 Å². The quantitative estimate of drug-likeness (QED) is 0.0243. The van der Waals surface area contributed by atoms with Crippen LogP contribution in [0, 0.1) is 5.92 Å². The Morgan fingerprint density at radius 3 is 2.23 bits per heavy atom. The van der Waals surface area contributed by atoms with Gasteiger partial charge in [0, 0.05) is 36.5 Å². The van der Waals surface area contributed by atoms with Crippen molar-refractivity contribution < 1.29 is 43.7 Å². The fraction of sp³-hybridized carbons (Fsp3) is 0.541. The smallest absolute Gasteiger partial charge is 0.326 e. The minimum atomic E-state index is -1.25. The van der Waals surface area contributed by atoms with Crippen molar-refractivity contribution in [1.29, 1.82) is 0 Å². The number of primary amides is 1. The van der Waals surface area contributed by atoms with Crippen molar-refractivity contribution in [2.45, 2.75) is 103 Å². The first-order valence-electron chi connectivity index (χ1n) is 19.5. The highest BCUT2D eigenvalue weighted by Gasteiger charge is 2.29. The number of nitrogens with two attached hydrogens (primary N) is 2. The van der Waals surface area contributed by atoms with E-state index in [1.54, 1.807) is 38.1 Å². The summed E-state index contributed by atoms with van der Waals surface area (Å²) < 4.78 is 7.05. The first-order chi connectivity index (χ1) is 28.6. The van der Waals surface area contributed by atoms with Crippen molar-refractivity contribution in [2.24, 2.45) is 16.8 Å². The number of hydrogen-bond donors (Lipinski definition) is 9. The lowest BCUT2D eigenvalue weighted by Crippen LogP contribution is -2.54. The highest BCUT2D eigenvalue weighted by atomic mass is 16.5. The molecule has 3 aromatic rings. The summed E-state index contributed by atoms with van der Waals surface area (Å²) in [5.41, 5.74) is 21.1. The maximum absolute atomic E-state index is 13.6. The summed E-state index contributed by atoms with van der Waals surface area (Å²) >= 11 is 0. The van der Waals surface area contributed by atoms with Gasteiger partial charge in [-0.3, -0.25) is 23.7 Å². The summed E-state index contributed by atoms with van der Waals surface area (Å²) in [5.74, 6) is -4.25. The van der Waals surface area contributed by atoms with Crippen LogP contribution < -0.4 is 42.8 Å². The molecule has 0 saturated carbocycles. The topological polar surface area (TPSA) is 357 Å². The second-order valence-electron chi connectivity index (χ2n) is 14.1. The molecule has 2 heterocycles. The third kappa shape index (κ3) is 15.5. The molecule has 0 fully saturated rings. The summed E-state index contributed by atoms with van der Waals surface area (Å²) in [6.07, 6.45) is 2.25. The SMILES string of the molecule is CCCCOc1nc(N)c2nc(O)n(Cc3ccc(NC(=O)C(CCCNC(N)=O)NC(=O)C(NC(=O)CCC(=O)NC(CCCCN=[N+]=[N-])C(=O)O)C(C)C)cc3)c2n1. The number of azide groups is 1. The average molecular weight is 839 g/mol. The Bertz CT molecular complexity index is 2000. The van der Waals surface area contributed by atoms with E-state index in [0.29, 0.717) is 30.7 Å². The number of aromatic nitrogens is 4. The van der Waals surface area contributed by atoms with Crippen LogP contribution in [0.1, 0.15) is 84.1 Å². The number of benzene rings is 1. The van der Waals surface area contributed by atoms with Gasteiger partial charge >= 0.3 is 18.0 Å². The van der Waals surface area contributed by atoms with Crippen molar-refractivity contribution in [3.8, 4) is 12.0 Å². The van der Waals surface area contributed by atoms with E-state index in [0.717, 1.165) is 12.8 Å². The van der Waals surface area contributed by atoms with Crippen LogP contribution in [0.2, 0.25) is 0 Å². The number of ether oxygens (including phenoxy) is 1. The van der Waals surface area contributed by atoms with Crippen molar-refractivity contribution >= 4 is 58.3 Å². The Morgan fingerprint density at radius 1 is 0.917 bits per heavy atom. The first kappa shape index (κ1) is 47.5. The molecule has 3 atom stereocenters. The standard InChI is InChI=1S/C37H54N14O9/c1-4-5-19-60-36-48-30(38)29-31(49-36)51(37(59)47-29)20-22-11-13-23(14-12-22)43-32(54)24(10-8-17-41-35(39)58)45-33(55)28(21(2)3)46-27(53)16-15-26(52)44-25(34(56)57)9-6-7-18-42-50-40/h11-14,21,24-25,28H,4-10,15-20H2,1-3H3,(H,43,54)(H,44,52)(H,45,55)(H,46,53)(H,47,59)(H,56,57)(H2,38,48,49)(H3,39,41,58). The zero-order valence-corrected chi connectivity index (χ0v) is 33.8. The number of nitrogen functional groups attached to an aromatic ring is 1. The van der Waals surface area contributed by atoms with E-state index >= 15 is 0 Å². The molecule has 0 aliphatic carbocycles. The Balaban J connectivity index is 1.65. The fourth-order valence-electron chi connectivity index (χ4n) is 5.77. The lowest BCUT2D eigenvalue weighted by Gasteiger charge is -2.25.